The Morgan fingerprint density at radius 1 is 0.272 bits per heavy atom. The zero-order chi connectivity index (χ0) is 84.3. The van der Waals surface area contributed by atoms with Gasteiger partial charge >= 0.3 is 0 Å². The van der Waals surface area contributed by atoms with Gasteiger partial charge in [0.2, 0.25) is 0 Å². The van der Waals surface area contributed by atoms with Crippen LogP contribution in [0.4, 0.5) is 51.2 Å². The van der Waals surface area contributed by atoms with Crippen LogP contribution in [0, 0.1) is 0 Å². The molecule has 0 radical (unpaired) electrons. The molecule has 20 rings (SSSR count). The summed E-state index contributed by atoms with van der Waals surface area (Å²) in [5.41, 5.74) is 27.7. The Morgan fingerprint density at radius 3 is 1.18 bits per heavy atom. The van der Waals surface area contributed by atoms with Gasteiger partial charge in [0.15, 0.2) is 0 Å². The van der Waals surface area contributed by atoms with Gasteiger partial charge in [-0.15, -0.1) is 0 Å². The van der Waals surface area contributed by atoms with Crippen molar-refractivity contribution >= 4 is 118 Å². The molecular formula is C108H88BN5. The fourth-order valence-electron chi connectivity index (χ4n) is 17.6. The quantitative estimate of drug-likeness (QED) is 0.114. The number of fused-ring (bicyclic) bond motifs is 10. The van der Waals surface area contributed by atoms with Crippen LogP contribution in [0.25, 0.3) is 111 Å². The molecule has 0 saturated heterocycles. The maximum absolute atomic E-state index is 9.93. The molecule has 114 heavy (non-hydrogen) atoms. The van der Waals surface area contributed by atoms with Crippen molar-refractivity contribution in [2.75, 3.05) is 14.7 Å². The first-order valence-electron chi connectivity index (χ1n) is 43.5. The van der Waals surface area contributed by atoms with Gasteiger partial charge in [-0.25, -0.2) is 0 Å². The average Bonchev–Trinajstić information content (AvgIpc) is 1.47. The summed E-state index contributed by atoms with van der Waals surface area (Å²) in [6.07, 6.45) is 0. The maximum atomic E-state index is 9.93. The summed E-state index contributed by atoms with van der Waals surface area (Å²) >= 11 is 0. The molecular weight excluding hydrogens is 1380 g/mol. The zero-order valence-electron chi connectivity index (χ0n) is 73.4. The van der Waals surface area contributed by atoms with Crippen molar-refractivity contribution in [3.8, 4) is 67.0 Å². The monoisotopic (exact) mass is 1470 g/mol. The van der Waals surface area contributed by atoms with Crippen molar-refractivity contribution in [3.63, 3.8) is 0 Å². The van der Waals surface area contributed by atoms with E-state index in [4.69, 9.17) is 2.74 Å². The smallest absolute Gasteiger partial charge is 0.252 e. The van der Waals surface area contributed by atoms with E-state index in [1.807, 2.05) is 18.2 Å². The molecule has 0 N–H and O–H groups in total. The van der Waals surface area contributed by atoms with E-state index in [-0.39, 0.29) is 50.1 Å². The summed E-state index contributed by atoms with van der Waals surface area (Å²) in [4.78, 5) is 7.35. The topological polar surface area (TPSA) is 19.6 Å². The molecule has 16 aromatic carbocycles. The van der Waals surface area contributed by atoms with Crippen LogP contribution in [0.15, 0.2) is 370 Å². The molecule has 0 bridgehead atoms. The molecule has 0 aliphatic carbocycles. The van der Waals surface area contributed by atoms with Crippen molar-refractivity contribution < 1.29 is 11.0 Å². The molecule has 0 saturated carbocycles. The summed E-state index contributed by atoms with van der Waals surface area (Å²) in [5.74, 6) is 0. The highest BCUT2D eigenvalue weighted by atomic mass is 15.2. The van der Waals surface area contributed by atoms with E-state index >= 15 is 0 Å². The average molecular weight is 1470 g/mol. The first-order chi connectivity index (χ1) is 58.8. The normalized spacial score (nSPS) is 13.7. The predicted octanol–water partition coefficient (Wildman–Crippen LogP) is 27.7. The first kappa shape index (κ1) is 61.3. The predicted molar refractivity (Wildman–Crippen MR) is 487 cm³/mol. The van der Waals surface area contributed by atoms with E-state index in [1.54, 1.807) is 4.57 Å². The zero-order valence-corrected chi connectivity index (χ0v) is 65.4. The molecule has 0 fully saturated rings. The number of aromatic nitrogens is 2. The van der Waals surface area contributed by atoms with Crippen molar-refractivity contribution in [2.45, 2.75) is 78.6 Å². The van der Waals surface area contributed by atoms with E-state index in [9.17, 15) is 8.22 Å². The first-order valence-corrected chi connectivity index (χ1v) is 39.5. The number of rotatable bonds is 12. The minimum Gasteiger partial charge on any atom is -0.311 e. The standard InChI is InChI=1S/C108H88BN5/c1-106(2,3)79-59-77(60-80(65-79)107(4,5)6)78-63-102-104-103(64-78)114(105-91(73-38-20-12-21-39-73)66-81(108(7,8)9)67-92(105)74-40-22-13-23-41-74)101-70-86(112-98-51-33-30-48-90(98)93-68-84(54-57-99(93)112)110(82-42-24-14-25-43-82)83-44-26-15-27-45-83)53-56-95(101)109(104)94-55-52-85(111-96-49-31-28-46-88(96)89-47-29-32-50-97(89)111)69-100(94)113(102)87-61-75(71-34-16-10-17-35-71)58-76(62-87)72-36-18-11-19-37-72/h10-70H,1-9H3/i28D,29D,31D,32D,46D,47D,49D,50D. The number of para-hydroxylation sites is 5. The van der Waals surface area contributed by atoms with Gasteiger partial charge in [0.1, 0.15) is 0 Å². The lowest BCUT2D eigenvalue weighted by molar-refractivity contribution is 0.569. The third kappa shape index (κ3) is 11.9. The fraction of sp³-hybridized carbons (Fsp3) is 0.111. The molecule has 2 aromatic heterocycles. The molecule has 2 aliphatic rings. The molecule has 0 amide bonds. The maximum Gasteiger partial charge on any atom is 0.252 e. The molecule has 0 atom stereocenters. The number of hydrogen-bond acceptors (Lipinski definition) is 3. The number of nitrogens with zero attached hydrogens (tertiary/aromatic N) is 5. The van der Waals surface area contributed by atoms with Gasteiger partial charge in [-0.3, -0.25) is 0 Å². The summed E-state index contributed by atoms with van der Waals surface area (Å²) in [6, 6.07) is 113. The van der Waals surface area contributed by atoms with Crippen LogP contribution in [0.2, 0.25) is 0 Å². The van der Waals surface area contributed by atoms with Crippen LogP contribution < -0.4 is 31.1 Å². The van der Waals surface area contributed by atoms with Crippen LogP contribution >= 0.6 is 0 Å². The Balaban J connectivity index is 0.969. The second-order valence-corrected chi connectivity index (χ2v) is 33.6. The highest BCUT2D eigenvalue weighted by Gasteiger charge is 2.46. The Bertz CT molecular complexity index is 7030. The Morgan fingerprint density at radius 2 is 0.675 bits per heavy atom. The lowest BCUT2D eigenvalue weighted by atomic mass is 9.33. The molecule has 18 aromatic rings. The van der Waals surface area contributed by atoms with Crippen LogP contribution in [-0.2, 0) is 16.2 Å². The van der Waals surface area contributed by atoms with Crippen molar-refractivity contribution in [2.24, 2.45) is 0 Å². The summed E-state index contributed by atoms with van der Waals surface area (Å²) in [5, 5.41) is 2.19. The highest BCUT2D eigenvalue weighted by molar-refractivity contribution is 7.00. The highest BCUT2D eigenvalue weighted by Crippen LogP contribution is 2.55. The van der Waals surface area contributed by atoms with Crippen LogP contribution in [0.3, 0.4) is 0 Å². The van der Waals surface area contributed by atoms with Gasteiger partial charge in [-0.2, -0.15) is 0 Å². The molecule has 5 nitrogen and oxygen atoms in total. The number of benzene rings is 16. The third-order valence-corrected chi connectivity index (χ3v) is 23.3. The molecule has 6 heteroatoms. The van der Waals surface area contributed by atoms with E-state index in [1.165, 1.54) is 16.7 Å². The second kappa shape index (κ2) is 27.2. The van der Waals surface area contributed by atoms with Gasteiger partial charge in [-0.1, -0.05) is 305 Å². The van der Waals surface area contributed by atoms with E-state index in [2.05, 4.69) is 385 Å². The molecule has 0 spiro atoms. The lowest BCUT2D eigenvalue weighted by Gasteiger charge is -2.45. The minimum absolute atomic E-state index is 0.00444. The summed E-state index contributed by atoms with van der Waals surface area (Å²) in [6.45, 7) is 20.1. The molecule has 548 valence electrons. The van der Waals surface area contributed by atoms with Crippen LogP contribution in [0.1, 0.15) is 90.0 Å². The van der Waals surface area contributed by atoms with Crippen LogP contribution in [-0.4, -0.2) is 15.8 Å². The Kier molecular flexibility index (Phi) is 14.6. The van der Waals surface area contributed by atoms with Gasteiger partial charge in [0.05, 0.1) is 38.7 Å². The molecule has 2 aliphatic heterocycles. The van der Waals surface area contributed by atoms with Gasteiger partial charge in [-0.05, 0) is 221 Å². The Hall–Kier alpha value is -13.4. The van der Waals surface area contributed by atoms with Gasteiger partial charge in [0.25, 0.3) is 6.71 Å². The second-order valence-electron chi connectivity index (χ2n) is 33.6. The van der Waals surface area contributed by atoms with E-state index in [0.717, 1.165) is 151 Å². The van der Waals surface area contributed by atoms with Gasteiger partial charge < -0.3 is 23.8 Å². The number of hydrogen-bond donors (Lipinski definition) is 0. The van der Waals surface area contributed by atoms with Crippen molar-refractivity contribution in [1.82, 2.24) is 9.13 Å². The van der Waals surface area contributed by atoms with Crippen molar-refractivity contribution in [1.29, 1.82) is 0 Å². The van der Waals surface area contributed by atoms with E-state index in [0.29, 0.717) is 5.69 Å². The third-order valence-electron chi connectivity index (χ3n) is 23.3. The SMILES string of the molecule is [2H]c1c([2H])c([2H])c2c(c1[2H])c1c([2H])c([2H])c([2H])c([2H])c1n2-c1ccc2c(c1)N(c1cc(-c3ccccc3)cc(-c3ccccc3)c1)c1cc(-c3cc(C(C)(C)C)cc(C(C)(C)C)c3)cc3c1B2c1ccc(-n2c4ccccc4c4cc(N(c5ccccc5)c5ccccc5)ccc42)cc1N3c1c(-c2ccccc2)cc(C(C)(C)C)cc1-c1ccccc1. The summed E-state index contributed by atoms with van der Waals surface area (Å²) < 4.78 is 80.3. The van der Waals surface area contributed by atoms with E-state index < -0.39 is 43.0 Å². The number of anilines is 9. The largest absolute Gasteiger partial charge is 0.311 e. The van der Waals surface area contributed by atoms with Crippen molar-refractivity contribution in [3.05, 3.63) is 387 Å². The lowest BCUT2D eigenvalue weighted by Crippen LogP contribution is -2.61. The Labute approximate surface area is 680 Å². The fourth-order valence-corrected chi connectivity index (χ4v) is 17.6. The minimum atomic E-state index is -0.545. The molecule has 4 heterocycles. The molecule has 0 unspecified atom stereocenters. The summed E-state index contributed by atoms with van der Waals surface area (Å²) in [7, 11) is 0. The van der Waals surface area contributed by atoms with Gasteiger partial charge in [0, 0.05) is 89.5 Å². The van der Waals surface area contributed by atoms with Crippen LogP contribution in [0.5, 0.6) is 0 Å².